The van der Waals surface area contributed by atoms with Gasteiger partial charge in [0.25, 0.3) is 0 Å². The van der Waals surface area contributed by atoms with Crippen LogP contribution in [-0.4, -0.2) is 6.04 Å². The molecular weight excluding hydrogens is 241 g/mol. The Morgan fingerprint density at radius 3 is 1.94 bits per heavy atom. The van der Waals surface area contributed by atoms with Gasteiger partial charge in [-0.15, -0.1) is 0 Å². The van der Waals surface area contributed by atoms with Gasteiger partial charge in [-0.1, -0.05) is 49.9 Å². The topological polar surface area (TPSA) is 12.0 Å². The maximum atomic E-state index is 5.96. The average Bonchev–Trinajstić information content (AvgIpc) is 2.16. The van der Waals surface area contributed by atoms with Crippen LogP contribution >= 0.6 is 23.2 Å². The van der Waals surface area contributed by atoms with E-state index in [9.17, 15) is 0 Å². The molecule has 0 aliphatic heterocycles. The third-order valence-electron chi connectivity index (χ3n) is 2.51. The Morgan fingerprint density at radius 2 is 1.50 bits per heavy atom. The lowest BCUT2D eigenvalue weighted by Crippen LogP contribution is -2.18. The summed E-state index contributed by atoms with van der Waals surface area (Å²) in [5.74, 6) is 0. The lowest BCUT2D eigenvalue weighted by Gasteiger charge is -2.19. The fourth-order valence-electron chi connectivity index (χ4n) is 1.86. The molecule has 0 heterocycles. The highest BCUT2D eigenvalue weighted by Crippen LogP contribution is 2.24. The standard InChI is InChI=1S/C13H19Cl2N/c1-3-5-12(6-4-2)16-13-8-10(14)7-11(15)9-13/h7-9,12,16H,3-6H2,1-2H3. The van der Waals surface area contributed by atoms with Crippen LogP contribution in [0.3, 0.4) is 0 Å². The molecule has 0 aromatic heterocycles. The number of rotatable bonds is 6. The van der Waals surface area contributed by atoms with Gasteiger partial charge >= 0.3 is 0 Å². The summed E-state index contributed by atoms with van der Waals surface area (Å²) in [6, 6.07) is 6.12. The molecule has 0 amide bonds. The van der Waals surface area contributed by atoms with Gasteiger partial charge in [0.2, 0.25) is 0 Å². The molecule has 1 N–H and O–H groups in total. The van der Waals surface area contributed by atoms with Gasteiger partial charge in [0.1, 0.15) is 0 Å². The third-order valence-corrected chi connectivity index (χ3v) is 2.94. The summed E-state index contributed by atoms with van der Waals surface area (Å²) >= 11 is 11.9. The molecule has 90 valence electrons. The van der Waals surface area contributed by atoms with Gasteiger partial charge in [-0.05, 0) is 31.0 Å². The molecule has 0 saturated heterocycles. The van der Waals surface area contributed by atoms with Crippen LogP contribution < -0.4 is 5.32 Å². The summed E-state index contributed by atoms with van der Waals surface area (Å²) < 4.78 is 0. The molecule has 16 heavy (non-hydrogen) atoms. The van der Waals surface area contributed by atoms with E-state index < -0.39 is 0 Å². The maximum Gasteiger partial charge on any atom is 0.0441 e. The van der Waals surface area contributed by atoms with Crippen molar-refractivity contribution in [2.75, 3.05) is 5.32 Å². The molecule has 0 fully saturated rings. The van der Waals surface area contributed by atoms with Crippen molar-refractivity contribution in [3.05, 3.63) is 28.2 Å². The smallest absolute Gasteiger partial charge is 0.0441 e. The van der Waals surface area contributed by atoms with Crippen LogP contribution in [0.2, 0.25) is 10.0 Å². The summed E-state index contributed by atoms with van der Waals surface area (Å²) in [6.07, 6.45) is 4.73. The van der Waals surface area contributed by atoms with Crippen LogP contribution in [0.1, 0.15) is 39.5 Å². The Bertz CT molecular complexity index is 299. The first kappa shape index (κ1) is 13.7. The second-order valence-corrected chi connectivity index (χ2v) is 4.95. The van der Waals surface area contributed by atoms with Crippen molar-refractivity contribution in [3.63, 3.8) is 0 Å². The monoisotopic (exact) mass is 259 g/mol. The van der Waals surface area contributed by atoms with Gasteiger partial charge in [0.15, 0.2) is 0 Å². The summed E-state index contributed by atoms with van der Waals surface area (Å²) in [4.78, 5) is 0. The second kappa shape index (κ2) is 7.03. The van der Waals surface area contributed by atoms with Crippen LogP contribution in [-0.2, 0) is 0 Å². The Balaban J connectivity index is 2.68. The number of hydrogen-bond donors (Lipinski definition) is 1. The fourth-order valence-corrected chi connectivity index (χ4v) is 2.38. The minimum Gasteiger partial charge on any atom is -0.382 e. The third kappa shape index (κ3) is 4.63. The van der Waals surface area contributed by atoms with E-state index in [0.717, 1.165) is 5.69 Å². The van der Waals surface area contributed by atoms with E-state index in [-0.39, 0.29) is 0 Å². The quantitative estimate of drug-likeness (QED) is 0.724. The highest BCUT2D eigenvalue weighted by Gasteiger charge is 2.07. The number of benzene rings is 1. The molecule has 3 heteroatoms. The normalized spacial score (nSPS) is 10.8. The van der Waals surface area contributed by atoms with Crippen molar-refractivity contribution in [3.8, 4) is 0 Å². The van der Waals surface area contributed by atoms with Gasteiger partial charge in [0.05, 0.1) is 0 Å². The van der Waals surface area contributed by atoms with Crippen LogP contribution in [0.15, 0.2) is 18.2 Å². The molecule has 0 spiro atoms. The fraction of sp³-hybridized carbons (Fsp3) is 0.538. The first-order valence-corrected chi connectivity index (χ1v) is 6.64. The zero-order valence-electron chi connectivity index (χ0n) is 9.89. The highest BCUT2D eigenvalue weighted by molar-refractivity contribution is 6.35. The minimum absolute atomic E-state index is 0.518. The molecule has 1 aromatic rings. The number of nitrogens with one attached hydrogen (secondary N) is 1. The van der Waals surface area contributed by atoms with Crippen molar-refractivity contribution in [2.45, 2.75) is 45.6 Å². The maximum absolute atomic E-state index is 5.96. The molecule has 1 nitrogen and oxygen atoms in total. The van der Waals surface area contributed by atoms with Gasteiger partial charge < -0.3 is 5.32 Å². The largest absolute Gasteiger partial charge is 0.382 e. The summed E-state index contributed by atoms with van der Waals surface area (Å²) in [5.41, 5.74) is 1.02. The van der Waals surface area contributed by atoms with Crippen LogP contribution in [0.4, 0.5) is 5.69 Å². The van der Waals surface area contributed by atoms with Crippen LogP contribution in [0, 0.1) is 0 Å². The van der Waals surface area contributed by atoms with E-state index in [0.29, 0.717) is 16.1 Å². The number of hydrogen-bond acceptors (Lipinski definition) is 1. The SMILES string of the molecule is CCCC(CCC)Nc1cc(Cl)cc(Cl)c1. The first-order chi connectivity index (χ1) is 7.65. The van der Waals surface area contributed by atoms with E-state index in [1.165, 1.54) is 25.7 Å². The molecule has 0 radical (unpaired) electrons. The molecule has 0 aliphatic carbocycles. The average molecular weight is 260 g/mol. The van der Waals surface area contributed by atoms with Crippen LogP contribution in [0.25, 0.3) is 0 Å². The van der Waals surface area contributed by atoms with E-state index in [1.54, 1.807) is 6.07 Å². The molecule has 0 bridgehead atoms. The lowest BCUT2D eigenvalue weighted by molar-refractivity contribution is 0.586. The van der Waals surface area contributed by atoms with Gasteiger partial charge in [-0.3, -0.25) is 0 Å². The molecule has 0 saturated carbocycles. The van der Waals surface area contributed by atoms with Gasteiger partial charge in [0, 0.05) is 21.8 Å². The molecule has 0 unspecified atom stereocenters. The summed E-state index contributed by atoms with van der Waals surface area (Å²) in [7, 11) is 0. The summed E-state index contributed by atoms with van der Waals surface area (Å²) in [6.45, 7) is 4.41. The Labute approximate surface area is 108 Å². The lowest BCUT2D eigenvalue weighted by atomic mass is 10.1. The first-order valence-electron chi connectivity index (χ1n) is 5.88. The van der Waals surface area contributed by atoms with E-state index in [2.05, 4.69) is 19.2 Å². The molecule has 0 atom stereocenters. The van der Waals surface area contributed by atoms with E-state index in [4.69, 9.17) is 23.2 Å². The predicted molar refractivity (Wildman–Crippen MR) is 73.7 cm³/mol. The highest BCUT2D eigenvalue weighted by atomic mass is 35.5. The van der Waals surface area contributed by atoms with Crippen molar-refractivity contribution in [2.24, 2.45) is 0 Å². The van der Waals surface area contributed by atoms with Gasteiger partial charge in [-0.25, -0.2) is 0 Å². The Hall–Kier alpha value is -0.400. The zero-order chi connectivity index (χ0) is 12.0. The molecule has 0 aliphatic rings. The van der Waals surface area contributed by atoms with E-state index >= 15 is 0 Å². The van der Waals surface area contributed by atoms with Gasteiger partial charge in [-0.2, -0.15) is 0 Å². The Kier molecular flexibility index (Phi) is 6.00. The van der Waals surface area contributed by atoms with Crippen molar-refractivity contribution in [1.29, 1.82) is 0 Å². The minimum atomic E-state index is 0.518. The zero-order valence-corrected chi connectivity index (χ0v) is 11.4. The van der Waals surface area contributed by atoms with Crippen molar-refractivity contribution < 1.29 is 0 Å². The van der Waals surface area contributed by atoms with E-state index in [1.807, 2.05) is 12.1 Å². The number of anilines is 1. The number of halogens is 2. The molecule has 1 rings (SSSR count). The van der Waals surface area contributed by atoms with Crippen LogP contribution in [0.5, 0.6) is 0 Å². The summed E-state index contributed by atoms with van der Waals surface area (Å²) in [5, 5.41) is 4.86. The second-order valence-electron chi connectivity index (χ2n) is 4.08. The Morgan fingerprint density at radius 1 is 1.00 bits per heavy atom. The molecular formula is C13H19Cl2N. The van der Waals surface area contributed by atoms with Crippen molar-refractivity contribution >= 4 is 28.9 Å². The predicted octanol–water partition coefficient (Wildman–Crippen LogP) is 5.37. The molecule has 1 aromatic carbocycles. The van der Waals surface area contributed by atoms with Crippen molar-refractivity contribution in [1.82, 2.24) is 0 Å².